The highest BCUT2D eigenvalue weighted by molar-refractivity contribution is 5.95. The molecule has 2 amide bonds. The zero-order valence-corrected chi connectivity index (χ0v) is 18.5. The van der Waals surface area contributed by atoms with Gasteiger partial charge in [0.25, 0.3) is 0 Å². The fourth-order valence-corrected chi connectivity index (χ4v) is 5.39. The number of carbonyl (C=O) groups is 2. The van der Waals surface area contributed by atoms with Crippen LogP contribution in [0.1, 0.15) is 73.6 Å². The number of fused-ring (bicyclic) bond motifs is 1. The van der Waals surface area contributed by atoms with E-state index in [1.807, 2.05) is 11.8 Å². The zero-order valence-electron chi connectivity index (χ0n) is 18.5. The molecule has 0 unspecified atom stereocenters. The molecule has 3 aliphatic rings. The third-order valence-electron chi connectivity index (χ3n) is 7.15. The molecule has 0 N–H and O–H groups in total. The molecule has 168 valence electrons. The highest BCUT2D eigenvalue weighted by Gasteiger charge is 2.38. The van der Waals surface area contributed by atoms with Crippen molar-refractivity contribution < 1.29 is 14.0 Å². The molecule has 1 aliphatic carbocycles. The van der Waals surface area contributed by atoms with E-state index >= 15 is 0 Å². The molecule has 5 rings (SSSR count). The molecule has 3 heterocycles. The third kappa shape index (κ3) is 3.89. The van der Waals surface area contributed by atoms with E-state index in [1.54, 1.807) is 17.0 Å². The summed E-state index contributed by atoms with van der Waals surface area (Å²) in [7, 11) is 0. The Labute approximate surface area is 187 Å². The van der Waals surface area contributed by atoms with Crippen molar-refractivity contribution in [3.63, 3.8) is 0 Å². The molecule has 1 saturated heterocycles. The summed E-state index contributed by atoms with van der Waals surface area (Å²) in [4.78, 5) is 39.4. The van der Waals surface area contributed by atoms with E-state index in [0.29, 0.717) is 31.0 Å². The molecule has 2 aliphatic heterocycles. The Hall–Kier alpha value is -2.83. The van der Waals surface area contributed by atoms with E-state index in [1.165, 1.54) is 12.1 Å². The predicted molar refractivity (Wildman–Crippen MR) is 118 cm³/mol. The Bertz CT molecular complexity index is 1030. The van der Waals surface area contributed by atoms with Crippen LogP contribution < -0.4 is 4.90 Å². The minimum atomic E-state index is -0.298. The smallest absolute Gasteiger partial charge is 0.228 e. The quantitative estimate of drug-likeness (QED) is 0.718. The van der Waals surface area contributed by atoms with Crippen molar-refractivity contribution >= 4 is 17.6 Å². The maximum Gasteiger partial charge on any atom is 0.228 e. The summed E-state index contributed by atoms with van der Waals surface area (Å²) in [5, 5.41) is 0. The van der Waals surface area contributed by atoms with E-state index < -0.39 is 0 Å². The monoisotopic (exact) mass is 436 g/mol. The van der Waals surface area contributed by atoms with Gasteiger partial charge in [0, 0.05) is 30.1 Å². The lowest BCUT2D eigenvalue weighted by Gasteiger charge is -2.31. The van der Waals surface area contributed by atoms with Gasteiger partial charge in [-0.05, 0) is 56.7 Å². The minimum absolute atomic E-state index is 0.0104. The average Bonchev–Trinajstić information content (AvgIpc) is 3.49. The molecule has 1 aromatic heterocycles. The van der Waals surface area contributed by atoms with Crippen molar-refractivity contribution in [2.75, 3.05) is 11.4 Å². The first-order chi connectivity index (χ1) is 15.5. The summed E-state index contributed by atoms with van der Waals surface area (Å²) in [6, 6.07) is 6.09. The van der Waals surface area contributed by atoms with E-state index in [-0.39, 0.29) is 29.6 Å². The number of rotatable bonds is 4. The molecule has 0 bridgehead atoms. The largest absolute Gasteiger partial charge is 0.332 e. The molecular weight excluding hydrogens is 407 g/mol. The second kappa shape index (κ2) is 8.60. The van der Waals surface area contributed by atoms with Crippen molar-refractivity contribution in [2.45, 2.75) is 70.9 Å². The maximum atomic E-state index is 13.3. The first kappa shape index (κ1) is 21.0. The number of aryl methyl sites for hydroxylation is 1. The van der Waals surface area contributed by atoms with Crippen molar-refractivity contribution in [2.24, 2.45) is 5.92 Å². The predicted octanol–water partition coefficient (Wildman–Crippen LogP) is 4.26. The van der Waals surface area contributed by atoms with E-state index in [0.717, 1.165) is 61.9 Å². The molecule has 2 fully saturated rings. The Morgan fingerprint density at radius 3 is 2.56 bits per heavy atom. The molecule has 32 heavy (non-hydrogen) atoms. The van der Waals surface area contributed by atoms with Crippen LogP contribution in [0.4, 0.5) is 10.2 Å². The summed E-state index contributed by atoms with van der Waals surface area (Å²) in [5.74, 6) is 1.37. The Morgan fingerprint density at radius 2 is 1.81 bits per heavy atom. The summed E-state index contributed by atoms with van der Waals surface area (Å²) in [5.41, 5.74) is 2.72. The molecule has 6 nitrogen and oxygen atoms in total. The van der Waals surface area contributed by atoms with Gasteiger partial charge in [0.1, 0.15) is 11.6 Å². The molecule has 0 radical (unpaired) electrons. The molecule has 1 atom stereocenters. The van der Waals surface area contributed by atoms with Crippen LogP contribution in [0.2, 0.25) is 0 Å². The number of benzene rings is 1. The number of anilines is 1. The van der Waals surface area contributed by atoms with Crippen LogP contribution in [0.25, 0.3) is 0 Å². The second-order valence-electron chi connectivity index (χ2n) is 9.25. The van der Waals surface area contributed by atoms with Crippen LogP contribution in [0.3, 0.4) is 0 Å². The van der Waals surface area contributed by atoms with Gasteiger partial charge in [-0.3, -0.25) is 14.5 Å². The average molecular weight is 437 g/mol. The summed E-state index contributed by atoms with van der Waals surface area (Å²) in [6.07, 6.45) is 7.04. The highest BCUT2D eigenvalue weighted by Crippen LogP contribution is 2.37. The topological polar surface area (TPSA) is 66.4 Å². The third-order valence-corrected chi connectivity index (χ3v) is 7.15. The lowest BCUT2D eigenvalue weighted by Crippen LogP contribution is -2.38. The van der Waals surface area contributed by atoms with Gasteiger partial charge in [0.15, 0.2) is 5.82 Å². The zero-order chi connectivity index (χ0) is 22.2. The van der Waals surface area contributed by atoms with Crippen LogP contribution in [0.5, 0.6) is 0 Å². The van der Waals surface area contributed by atoms with Gasteiger partial charge in [-0.15, -0.1) is 0 Å². The van der Waals surface area contributed by atoms with Crippen molar-refractivity contribution in [3.8, 4) is 0 Å². The van der Waals surface area contributed by atoms with Gasteiger partial charge in [0.05, 0.1) is 12.6 Å². The molecule has 1 aromatic carbocycles. The fourth-order valence-electron chi connectivity index (χ4n) is 5.39. The van der Waals surface area contributed by atoms with Gasteiger partial charge in [-0.1, -0.05) is 25.0 Å². The van der Waals surface area contributed by atoms with Gasteiger partial charge >= 0.3 is 0 Å². The van der Waals surface area contributed by atoms with Crippen molar-refractivity contribution in [3.05, 3.63) is 52.7 Å². The van der Waals surface area contributed by atoms with Gasteiger partial charge in [0.2, 0.25) is 11.8 Å². The molecule has 1 saturated carbocycles. The number of amides is 2. The molecule has 0 spiro atoms. The number of aromatic nitrogens is 2. The first-order valence-electron chi connectivity index (χ1n) is 11.7. The standard InChI is InChI=1S/C25H29FN4O2/c1-16-20-12-13-22(31)30(15-17-8-10-19(26)11-9-17)24(20)28-23(27-16)21-7-4-14-29(21)25(32)18-5-2-3-6-18/h8-11,18,21H,2-7,12-15H2,1H3/t21-/m1/s1. The van der Waals surface area contributed by atoms with Crippen molar-refractivity contribution in [1.82, 2.24) is 14.9 Å². The number of nitrogens with zero attached hydrogens (tertiary/aromatic N) is 4. The number of likely N-dealkylation sites (tertiary alicyclic amines) is 1. The Balaban J connectivity index is 1.47. The highest BCUT2D eigenvalue weighted by atomic mass is 19.1. The lowest BCUT2D eigenvalue weighted by atomic mass is 10.0. The number of halogens is 1. The normalized spacial score (nSPS) is 21.3. The number of hydrogen-bond donors (Lipinski definition) is 0. The summed E-state index contributed by atoms with van der Waals surface area (Å²) in [6.45, 7) is 3.06. The van der Waals surface area contributed by atoms with Crippen LogP contribution in [0, 0.1) is 18.7 Å². The van der Waals surface area contributed by atoms with Gasteiger partial charge in [-0.25, -0.2) is 14.4 Å². The summed E-state index contributed by atoms with van der Waals surface area (Å²) >= 11 is 0. The SMILES string of the molecule is Cc1nc([C@H]2CCCN2C(=O)C2CCCC2)nc2c1CCC(=O)N2Cc1ccc(F)cc1. The fraction of sp³-hybridized carbons (Fsp3) is 0.520. The van der Waals surface area contributed by atoms with Crippen molar-refractivity contribution in [1.29, 1.82) is 0 Å². The van der Waals surface area contributed by atoms with Crippen LogP contribution in [-0.2, 0) is 22.6 Å². The van der Waals surface area contributed by atoms with Crippen LogP contribution in [-0.4, -0.2) is 33.2 Å². The second-order valence-corrected chi connectivity index (χ2v) is 9.25. The van der Waals surface area contributed by atoms with Crippen LogP contribution in [0.15, 0.2) is 24.3 Å². The van der Waals surface area contributed by atoms with Gasteiger partial charge in [-0.2, -0.15) is 0 Å². The van der Waals surface area contributed by atoms with E-state index in [4.69, 9.17) is 9.97 Å². The van der Waals surface area contributed by atoms with Gasteiger partial charge < -0.3 is 4.90 Å². The van der Waals surface area contributed by atoms with E-state index in [2.05, 4.69) is 0 Å². The lowest BCUT2D eigenvalue weighted by molar-refractivity contribution is -0.136. The Morgan fingerprint density at radius 1 is 1.06 bits per heavy atom. The van der Waals surface area contributed by atoms with Crippen LogP contribution >= 0.6 is 0 Å². The number of carbonyl (C=O) groups excluding carboxylic acids is 2. The minimum Gasteiger partial charge on any atom is -0.332 e. The Kier molecular flexibility index (Phi) is 5.66. The number of hydrogen-bond acceptors (Lipinski definition) is 4. The first-order valence-corrected chi connectivity index (χ1v) is 11.7. The molecule has 2 aromatic rings. The summed E-state index contributed by atoms with van der Waals surface area (Å²) < 4.78 is 13.3. The van der Waals surface area contributed by atoms with E-state index in [9.17, 15) is 14.0 Å². The maximum absolute atomic E-state index is 13.3. The molecule has 7 heteroatoms. The molecular formula is C25H29FN4O2.